The smallest absolute Gasteiger partial charge is 0.193 e. The van der Waals surface area contributed by atoms with Crippen molar-refractivity contribution in [3.05, 3.63) is 65.2 Å². The van der Waals surface area contributed by atoms with Gasteiger partial charge in [-0.3, -0.25) is 4.99 Å². The predicted molar refractivity (Wildman–Crippen MR) is 90.7 cm³/mol. The standard InChI is InChI=1S/C18H21F2N3/c1-12(2)13-5-3-6-14(11-13)23-18(21)22-10-9-15-16(19)7-4-8-17(15)20/h3-8,11-12H,9-10H2,1-2H3,(H3,21,22,23). The number of rotatable bonds is 5. The van der Waals surface area contributed by atoms with Gasteiger partial charge in [0.05, 0.1) is 0 Å². The average molecular weight is 317 g/mol. The van der Waals surface area contributed by atoms with Gasteiger partial charge in [0, 0.05) is 17.8 Å². The molecule has 0 aliphatic rings. The summed E-state index contributed by atoms with van der Waals surface area (Å²) in [5, 5.41) is 2.99. The van der Waals surface area contributed by atoms with Gasteiger partial charge < -0.3 is 11.1 Å². The number of anilines is 1. The highest BCUT2D eigenvalue weighted by molar-refractivity contribution is 5.92. The second kappa shape index (κ2) is 7.72. The largest absolute Gasteiger partial charge is 0.370 e. The van der Waals surface area contributed by atoms with Crippen LogP contribution < -0.4 is 11.1 Å². The molecule has 0 amide bonds. The van der Waals surface area contributed by atoms with Crippen molar-refractivity contribution >= 4 is 11.6 Å². The first-order chi connectivity index (χ1) is 11.0. The first kappa shape index (κ1) is 16.9. The molecule has 0 aliphatic heterocycles. The minimum atomic E-state index is -0.559. The van der Waals surface area contributed by atoms with Crippen LogP contribution in [0, 0.1) is 11.6 Å². The van der Waals surface area contributed by atoms with E-state index < -0.39 is 11.6 Å². The van der Waals surface area contributed by atoms with E-state index in [1.807, 2.05) is 24.3 Å². The lowest BCUT2D eigenvalue weighted by atomic mass is 10.0. The average Bonchev–Trinajstić information content (AvgIpc) is 2.50. The molecule has 0 saturated carbocycles. The maximum atomic E-state index is 13.5. The van der Waals surface area contributed by atoms with Gasteiger partial charge in [-0.05, 0) is 42.2 Å². The first-order valence-corrected chi connectivity index (χ1v) is 7.57. The SMILES string of the molecule is CC(C)c1cccc(NC(N)=NCCc2c(F)cccc2F)c1. The molecule has 0 bridgehead atoms. The zero-order valence-electron chi connectivity index (χ0n) is 13.3. The fraction of sp³-hybridized carbons (Fsp3) is 0.278. The van der Waals surface area contributed by atoms with Gasteiger partial charge in [-0.25, -0.2) is 8.78 Å². The summed E-state index contributed by atoms with van der Waals surface area (Å²) in [6.45, 7) is 4.43. The Morgan fingerprint density at radius 1 is 1.13 bits per heavy atom. The molecular formula is C18H21F2N3. The van der Waals surface area contributed by atoms with Gasteiger partial charge in [0.25, 0.3) is 0 Å². The van der Waals surface area contributed by atoms with Crippen LogP contribution in [-0.4, -0.2) is 12.5 Å². The van der Waals surface area contributed by atoms with Gasteiger partial charge in [0.1, 0.15) is 11.6 Å². The Balaban J connectivity index is 1.97. The van der Waals surface area contributed by atoms with Crippen LogP contribution in [0.3, 0.4) is 0 Å². The Morgan fingerprint density at radius 2 is 1.78 bits per heavy atom. The van der Waals surface area contributed by atoms with Crippen molar-refractivity contribution in [3.8, 4) is 0 Å². The topological polar surface area (TPSA) is 50.4 Å². The molecule has 23 heavy (non-hydrogen) atoms. The van der Waals surface area contributed by atoms with Gasteiger partial charge in [0.2, 0.25) is 0 Å². The number of nitrogens with one attached hydrogen (secondary N) is 1. The van der Waals surface area contributed by atoms with Crippen LogP contribution in [0.2, 0.25) is 0 Å². The zero-order valence-corrected chi connectivity index (χ0v) is 13.3. The molecule has 3 N–H and O–H groups in total. The number of nitrogens with two attached hydrogens (primary N) is 1. The molecule has 0 spiro atoms. The van der Waals surface area contributed by atoms with Crippen molar-refractivity contribution < 1.29 is 8.78 Å². The van der Waals surface area contributed by atoms with Gasteiger partial charge >= 0.3 is 0 Å². The Labute approximate surface area is 135 Å². The second-order valence-corrected chi connectivity index (χ2v) is 5.62. The van der Waals surface area contributed by atoms with Gasteiger partial charge in [-0.1, -0.05) is 32.0 Å². The molecule has 2 aromatic carbocycles. The lowest BCUT2D eigenvalue weighted by Crippen LogP contribution is -2.23. The third kappa shape index (κ3) is 4.77. The second-order valence-electron chi connectivity index (χ2n) is 5.62. The Hall–Kier alpha value is -2.43. The predicted octanol–water partition coefficient (Wildman–Crippen LogP) is 4.06. The highest BCUT2D eigenvalue weighted by Crippen LogP contribution is 2.18. The number of aliphatic imine (C=N–C) groups is 1. The number of hydrogen-bond donors (Lipinski definition) is 2. The molecule has 0 atom stereocenters. The number of halogens is 2. The molecule has 2 aromatic rings. The van der Waals surface area contributed by atoms with E-state index in [4.69, 9.17) is 5.73 Å². The fourth-order valence-electron chi connectivity index (χ4n) is 2.22. The summed E-state index contributed by atoms with van der Waals surface area (Å²) in [5.74, 6) is -0.477. The Bertz CT molecular complexity index is 676. The van der Waals surface area contributed by atoms with Crippen molar-refractivity contribution in [3.63, 3.8) is 0 Å². The number of hydrogen-bond acceptors (Lipinski definition) is 1. The number of guanidine groups is 1. The third-order valence-corrected chi connectivity index (χ3v) is 3.53. The summed E-state index contributed by atoms with van der Waals surface area (Å²) < 4.78 is 27.0. The van der Waals surface area contributed by atoms with E-state index in [0.717, 1.165) is 5.69 Å². The van der Waals surface area contributed by atoms with Gasteiger partial charge in [-0.15, -0.1) is 0 Å². The molecule has 0 heterocycles. The molecule has 0 radical (unpaired) electrons. The zero-order chi connectivity index (χ0) is 16.8. The normalized spacial score (nSPS) is 11.8. The summed E-state index contributed by atoms with van der Waals surface area (Å²) in [6.07, 6.45) is 0.160. The van der Waals surface area contributed by atoms with Crippen LogP contribution in [0.25, 0.3) is 0 Å². The van der Waals surface area contributed by atoms with E-state index in [1.54, 1.807) is 0 Å². The molecule has 0 saturated heterocycles. The van der Waals surface area contributed by atoms with Crippen LogP contribution in [0.15, 0.2) is 47.5 Å². The van der Waals surface area contributed by atoms with E-state index in [-0.39, 0.29) is 24.5 Å². The minimum Gasteiger partial charge on any atom is -0.370 e. The van der Waals surface area contributed by atoms with Crippen LogP contribution in [-0.2, 0) is 6.42 Å². The molecular weight excluding hydrogens is 296 g/mol. The highest BCUT2D eigenvalue weighted by atomic mass is 19.1. The fourth-order valence-corrected chi connectivity index (χ4v) is 2.22. The quantitative estimate of drug-likeness (QED) is 0.645. The molecule has 0 unspecified atom stereocenters. The minimum absolute atomic E-state index is 0.0332. The third-order valence-electron chi connectivity index (χ3n) is 3.53. The van der Waals surface area contributed by atoms with Crippen molar-refractivity contribution in [1.29, 1.82) is 0 Å². The molecule has 3 nitrogen and oxygen atoms in total. The van der Waals surface area contributed by atoms with Gasteiger partial charge in [-0.2, -0.15) is 0 Å². The van der Waals surface area contributed by atoms with Crippen molar-refractivity contribution in [2.75, 3.05) is 11.9 Å². The monoisotopic (exact) mass is 317 g/mol. The Morgan fingerprint density at radius 3 is 2.43 bits per heavy atom. The molecule has 5 heteroatoms. The molecule has 122 valence electrons. The van der Waals surface area contributed by atoms with Crippen LogP contribution in [0.4, 0.5) is 14.5 Å². The molecule has 0 aliphatic carbocycles. The molecule has 0 aromatic heterocycles. The van der Waals surface area contributed by atoms with Crippen LogP contribution in [0.5, 0.6) is 0 Å². The summed E-state index contributed by atoms with van der Waals surface area (Å²) in [6, 6.07) is 11.7. The van der Waals surface area contributed by atoms with Crippen LogP contribution in [0.1, 0.15) is 30.9 Å². The van der Waals surface area contributed by atoms with E-state index in [1.165, 1.54) is 23.8 Å². The number of benzene rings is 2. The van der Waals surface area contributed by atoms with Crippen molar-refractivity contribution in [1.82, 2.24) is 0 Å². The summed E-state index contributed by atoms with van der Waals surface area (Å²) in [4.78, 5) is 4.12. The van der Waals surface area contributed by atoms with Gasteiger partial charge in [0.15, 0.2) is 5.96 Å². The summed E-state index contributed by atoms with van der Waals surface area (Å²) in [7, 11) is 0. The van der Waals surface area contributed by atoms with Crippen molar-refractivity contribution in [2.24, 2.45) is 10.7 Å². The maximum absolute atomic E-state index is 13.5. The lowest BCUT2D eigenvalue weighted by Gasteiger charge is -2.10. The van der Waals surface area contributed by atoms with Crippen LogP contribution >= 0.6 is 0 Å². The highest BCUT2D eigenvalue weighted by Gasteiger charge is 2.07. The first-order valence-electron chi connectivity index (χ1n) is 7.57. The number of nitrogens with zero attached hydrogens (tertiary/aromatic N) is 1. The van der Waals surface area contributed by atoms with Crippen molar-refractivity contribution in [2.45, 2.75) is 26.2 Å². The Kier molecular flexibility index (Phi) is 5.68. The maximum Gasteiger partial charge on any atom is 0.193 e. The lowest BCUT2D eigenvalue weighted by molar-refractivity contribution is 0.556. The van der Waals surface area contributed by atoms with E-state index in [9.17, 15) is 8.78 Å². The summed E-state index contributed by atoms with van der Waals surface area (Å²) >= 11 is 0. The van der Waals surface area contributed by atoms with E-state index in [2.05, 4.69) is 24.2 Å². The summed E-state index contributed by atoms with van der Waals surface area (Å²) in [5.41, 5.74) is 7.89. The molecule has 2 rings (SSSR count). The van der Waals surface area contributed by atoms with E-state index in [0.29, 0.717) is 5.92 Å². The van der Waals surface area contributed by atoms with E-state index >= 15 is 0 Å². The molecule has 0 fully saturated rings.